The number of piperidine rings is 1. The summed E-state index contributed by atoms with van der Waals surface area (Å²) in [6, 6.07) is 4.43. The van der Waals surface area contributed by atoms with Crippen LogP contribution in [0.15, 0.2) is 12.1 Å². The zero-order chi connectivity index (χ0) is 11.5. The topological polar surface area (TPSA) is 41.1 Å². The summed E-state index contributed by atoms with van der Waals surface area (Å²) in [5.41, 5.74) is 0. The fraction of sp³-hybridized carbons (Fsp3) is 0.583. The highest BCUT2D eigenvalue weighted by molar-refractivity contribution is 7.14. The average molecular weight is 238 g/mol. The molecule has 1 aliphatic heterocycles. The molecule has 0 bridgehead atoms. The van der Waals surface area contributed by atoms with E-state index in [-0.39, 0.29) is 5.91 Å². The normalized spacial score (nSPS) is 25.4. The van der Waals surface area contributed by atoms with Gasteiger partial charge in [-0.15, -0.1) is 11.3 Å². The van der Waals surface area contributed by atoms with Crippen LogP contribution in [0.5, 0.6) is 0 Å². The molecular formula is C12H18N2OS. The van der Waals surface area contributed by atoms with Crippen molar-refractivity contribution in [2.24, 2.45) is 5.92 Å². The molecule has 2 heterocycles. The molecule has 0 aliphatic carbocycles. The molecule has 0 spiro atoms. The minimum absolute atomic E-state index is 0.0143. The zero-order valence-corrected chi connectivity index (χ0v) is 10.6. The van der Waals surface area contributed by atoms with E-state index in [2.05, 4.69) is 23.6 Å². The third-order valence-corrected chi connectivity index (χ3v) is 4.28. The van der Waals surface area contributed by atoms with E-state index in [0.29, 0.717) is 6.04 Å². The summed E-state index contributed by atoms with van der Waals surface area (Å²) in [5, 5.41) is 6.19. The van der Waals surface area contributed by atoms with E-state index in [1.807, 2.05) is 6.07 Å². The van der Waals surface area contributed by atoms with Crippen LogP contribution >= 0.6 is 11.3 Å². The van der Waals surface area contributed by atoms with E-state index in [0.717, 1.165) is 17.3 Å². The molecule has 16 heavy (non-hydrogen) atoms. The lowest BCUT2D eigenvalue weighted by atomic mass is 9.96. The fourth-order valence-electron chi connectivity index (χ4n) is 2.03. The molecule has 1 aliphatic rings. The quantitative estimate of drug-likeness (QED) is 0.829. The molecule has 88 valence electrons. The number of hydrogen-bond acceptors (Lipinski definition) is 3. The van der Waals surface area contributed by atoms with Gasteiger partial charge >= 0.3 is 0 Å². The highest BCUT2D eigenvalue weighted by Crippen LogP contribution is 2.30. The molecular weight excluding hydrogens is 220 g/mol. The minimum Gasteiger partial charge on any atom is -0.354 e. The van der Waals surface area contributed by atoms with E-state index >= 15 is 0 Å². The number of rotatable bonds is 2. The number of amides is 1. The summed E-state index contributed by atoms with van der Waals surface area (Å²) in [6.45, 7) is 3.35. The molecule has 2 rings (SSSR count). The molecule has 2 atom stereocenters. The molecule has 0 aromatic carbocycles. The molecule has 1 fully saturated rings. The van der Waals surface area contributed by atoms with Gasteiger partial charge in [0.05, 0.1) is 4.88 Å². The molecule has 0 radical (unpaired) electrons. The molecule has 4 heteroatoms. The monoisotopic (exact) mass is 238 g/mol. The molecule has 1 saturated heterocycles. The van der Waals surface area contributed by atoms with Crippen LogP contribution in [-0.4, -0.2) is 19.5 Å². The van der Waals surface area contributed by atoms with Crippen LogP contribution in [0.3, 0.4) is 0 Å². The van der Waals surface area contributed by atoms with Crippen molar-refractivity contribution in [2.75, 3.05) is 13.6 Å². The van der Waals surface area contributed by atoms with Gasteiger partial charge in [0.2, 0.25) is 0 Å². The second-order valence-corrected chi connectivity index (χ2v) is 5.54. The summed E-state index contributed by atoms with van der Waals surface area (Å²) in [6.07, 6.45) is 2.44. The van der Waals surface area contributed by atoms with Crippen molar-refractivity contribution in [1.29, 1.82) is 0 Å². The number of thiophene rings is 1. The summed E-state index contributed by atoms with van der Waals surface area (Å²) in [5.74, 6) is 0.787. The van der Waals surface area contributed by atoms with Crippen LogP contribution in [-0.2, 0) is 0 Å². The van der Waals surface area contributed by atoms with E-state index in [1.54, 1.807) is 18.4 Å². The van der Waals surface area contributed by atoms with Crippen LogP contribution in [0.1, 0.15) is 40.4 Å². The summed E-state index contributed by atoms with van der Waals surface area (Å²) in [4.78, 5) is 13.5. The van der Waals surface area contributed by atoms with Crippen molar-refractivity contribution in [1.82, 2.24) is 10.6 Å². The first kappa shape index (κ1) is 11.6. The van der Waals surface area contributed by atoms with Gasteiger partial charge in [-0.3, -0.25) is 4.79 Å². The van der Waals surface area contributed by atoms with Crippen molar-refractivity contribution >= 4 is 17.2 Å². The number of hydrogen-bond donors (Lipinski definition) is 2. The number of carbonyl (C=O) groups excluding carboxylic acids is 1. The largest absolute Gasteiger partial charge is 0.354 e. The predicted octanol–water partition coefficient (Wildman–Crippen LogP) is 2.17. The Morgan fingerprint density at radius 1 is 1.50 bits per heavy atom. The fourth-order valence-corrected chi connectivity index (χ4v) is 3.09. The highest BCUT2D eigenvalue weighted by atomic mass is 32.1. The van der Waals surface area contributed by atoms with Gasteiger partial charge in [0, 0.05) is 18.0 Å². The second kappa shape index (κ2) is 4.97. The van der Waals surface area contributed by atoms with Crippen LogP contribution in [0.2, 0.25) is 0 Å². The molecule has 2 N–H and O–H groups in total. The predicted molar refractivity (Wildman–Crippen MR) is 66.9 cm³/mol. The Morgan fingerprint density at radius 2 is 2.31 bits per heavy atom. The van der Waals surface area contributed by atoms with Crippen LogP contribution < -0.4 is 10.6 Å². The van der Waals surface area contributed by atoms with Crippen molar-refractivity contribution in [3.63, 3.8) is 0 Å². The van der Waals surface area contributed by atoms with Gasteiger partial charge in [-0.05, 0) is 37.4 Å². The van der Waals surface area contributed by atoms with Gasteiger partial charge in [0.25, 0.3) is 5.91 Å². The Balaban J connectivity index is 2.04. The Labute approximate surface area is 100 Å². The Morgan fingerprint density at radius 3 is 2.94 bits per heavy atom. The van der Waals surface area contributed by atoms with Gasteiger partial charge in [-0.1, -0.05) is 6.92 Å². The highest BCUT2D eigenvalue weighted by Gasteiger charge is 2.21. The molecule has 3 nitrogen and oxygen atoms in total. The van der Waals surface area contributed by atoms with Crippen LogP contribution in [0.25, 0.3) is 0 Å². The lowest BCUT2D eigenvalue weighted by Gasteiger charge is -2.26. The standard InChI is InChI=1S/C12H18N2OS/c1-8-3-4-9(14-7-8)10-5-6-11(16-10)12(15)13-2/h5-6,8-9,14H,3-4,7H2,1-2H3,(H,13,15)/t8-,9+/m0/s1. The van der Waals surface area contributed by atoms with E-state index in [4.69, 9.17) is 0 Å². The maximum absolute atomic E-state index is 11.4. The zero-order valence-electron chi connectivity index (χ0n) is 9.75. The molecule has 1 amide bonds. The molecule has 0 unspecified atom stereocenters. The van der Waals surface area contributed by atoms with E-state index < -0.39 is 0 Å². The summed E-state index contributed by atoms with van der Waals surface area (Å²) in [7, 11) is 1.67. The van der Waals surface area contributed by atoms with Crippen LogP contribution in [0.4, 0.5) is 0 Å². The van der Waals surface area contributed by atoms with Crippen molar-refractivity contribution in [3.8, 4) is 0 Å². The van der Waals surface area contributed by atoms with Gasteiger partial charge in [0.1, 0.15) is 0 Å². The molecule has 1 aromatic heterocycles. The smallest absolute Gasteiger partial charge is 0.261 e. The first-order valence-corrected chi connectivity index (χ1v) is 6.57. The van der Waals surface area contributed by atoms with E-state index in [9.17, 15) is 4.79 Å². The van der Waals surface area contributed by atoms with Crippen molar-refractivity contribution in [3.05, 3.63) is 21.9 Å². The SMILES string of the molecule is CNC(=O)c1ccc([C@H]2CC[C@H](C)CN2)s1. The Hall–Kier alpha value is -0.870. The maximum Gasteiger partial charge on any atom is 0.261 e. The van der Waals surface area contributed by atoms with Gasteiger partial charge < -0.3 is 10.6 Å². The molecule has 1 aromatic rings. The second-order valence-electron chi connectivity index (χ2n) is 4.42. The molecule has 0 saturated carbocycles. The first-order chi connectivity index (χ1) is 7.70. The van der Waals surface area contributed by atoms with Crippen molar-refractivity contribution in [2.45, 2.75) is 25.8 Å². The third-order valence-electron chi connectivity index (χ3n) is 3.08. The Kier molecular flexibility index (Phi) is 3.61. The Bertz CT molecular complexity index is 367. The number of carbonyl (C=O) groups is 1. The average Bonchev–Trinajstić information content (AvgIpc) is 2.78. The first-order valence-electron chi connectivity index (χ1n) is 5.76. The van der Waals surface area contributed by atoms with Crippen molar-refractivity contribution < 1.29 is 4.79 Å². The lowest BCUT2D eigenvalue weighted by Crippen LogP contribution is -2.31. The van der Waals surface area contributed by atoms with Crippen LogP contribution in [0, 0.1) is 5.92 Å². The maximum atomic E-state index is 11.4. The lowest BCUT2D eigenvalue weighted by molar-refractivity contribution is 0.0967. The summed E-state index contributed by atoms with van der Waals surface area (Å²) < 4.78 is 0. The van der Waals surface area contributed by atoms with Gasteiger partial charge in [-0.2, -0.15) is 0 Å². The third kappa shape index (κ3) is 2.44. The van der Waals surface area contributed by atoms with Gasteiger partial charge in [-0.25, -0.2) is 0 Å². The number of nitrogens with one attached hydrogen (secondary N) is 2. The minimum atomic E-state index is 0.0143. The van der Waals surface area contributed by atoms with Gasteiger partial charge in [0.15, 0.2) is 0 Å². The summed E-state index contributed by atoms with van der Waals surface area (Å²) >= 11 is 1.60. The van der Waals surface area contributed by atoms with E-state index in [1.165, 1.54) is 17.7 Å².